The van der Waals surface area contributed by atoms with Gasteiger partial charge in [-0.15, -0.1) is 5.10 Å². The maximum Gasteiger partial charge on any atom is 0.390 e. The molecule has 100 valence electrons. The minimum Gasteiger partial charge on any atom is -0.389 e. The summed E-state index contributed by atoms with van der Waals surface area (Å²) in [5, 5.41) is 10.2. The molecule has 0 saturated carbocycles. The zero-order valence-electron chi connectivity index (χ0n) is 9.93. The van der Waals surface area contributed by atoms with E-state index in [9.17, 15) is 13.2 Å². The molecular weight excluding hydrogens is 265 g/mol. The van der Waals surface area contributed by atoms with Crippen LogP contribution in [0, 0.1) is 13.8 Å². The molecule has 1 rings (SSSR count). The van der Waals surface area contributed by atoms with Crippen molar-refractivity contribution in [1.29, 1.82) is 0 Å². The van der Waals surface area contributed by atoms with Crippen molar-refractivity contribution in [1.82, 2.24) is 10.2 Å². The highest BCUT2D eigenvalue weighted by Crippen LogP contribution is 2.21. The number of alkyl halides is 3. The van der Waals surface area contributed by atoms with Gasteiger partial charge >= 0.3 is 6.18 Å². The van der Waals surface area contributed by atoms with E-state index in [1.54, 1.807) is 13.8 Å². The Morgan fingerprint density at radius 2 is 1.94 bits per heavy atom. The van der Waals surface area contributed by atoms with Crippen LogP contribution < -0.4 is 11.1 Å². The molecule has 4 nitrogen and oxygen atoms in total. The molecule has 0 bridgehead atoms. The van der Waals surface area contributed by atoms with Crippen molar-refractivity contribution >= 4 is 23.0 Å². The van der Waals surface area contributed by atoms with E-state index in [0.717, 1.165) is 0 Å². The van der Waals surface area contributed by atoms with Crippen molar-refractivity contribution in [3.63, 3.8) is 0 Å². The number of halogens is 3. The number of hydrogen-bond acceptors (Lipinski definition) is 4. The third kappa shape index (κ3) is 3.80. The Kier molecular flexibility index (Phi) is 4.44. The van der Waals surface area contributed by atoms with E-state index < -0.39 is 12.6 Å². The van der Waals surface area contributed by atoms with Crippen LogP contribution in [0.15, 0.2) is 0 Å². The first-order valence-corrected chi connectivity index (χ1v) is 5.57. The molecule has 1 aromatic heterocycles. The van der Waals surface area contributed by atoms with Crippen molar-refractivity contribution < 1.29 is 13.2 Å². The molecule has 0 spiro atoms. The van der Waals surface area contributed by atoms with Crippen LogP contribution in [0.2, 0.25) is 0 Å². The van der Waals surface area contributed by atoms with Gasteiger partial charge in [0.1, 0.15) is 4.99 Å². The lowest BCUT2D eigenvalue weighted by Crippen LogP contribution is -2.20. The predicted molar refractivity (Wildman–Crippen MR) is 66.6 cm³/mol. The first kappa shape index (κ1) is 14.6. The van der Waals surface area contributed by atoms with Crippen LogP contribution in [-0.2, 0) is 0 Å². The highest BCUT2D eigenvalue weighted by Gasteiger charge is 2.26. The number of aromatic nitrogens is 2. The van der Waals surface area contributed by atoms with Crippen LogP contribution in [0.4, 0.5) is 19.0 Å². The van der Waals surface area contributed by atoms with E-state index in [0.29, 0.717) is 16.8 Å². The molecule has 0 aliphatic rings. The Hall–Kier alpha value is -1.44. The Bertz CT molecular complexity index is 459. The molecule has 0 unspecified atom stereocenters. The summed E-state index contributed by atoms with van der Waals surface area (Å²) < 4.78 is 36.1. The molecular formula is C10H13F3N4S. The topological polar surface area (TPSA) is 63.8 Å². The molecule has 0 aromatic carbocycles. The third-order valence-corrected chi connectivity index (χ3v) is 2.61. The fourth-order valence-electron chi connectivity index (χ4n) is 1.36. The van der Waals surface area contributed by atoms with Gasteiger partial charge in [-0.1, -0.05) is 12.2 Å². The maximum absolute atomic E-state index is 12.0. The number of rotatable bonds is 4. The fourth-order valence-corrected chi connectivity index (χ4v) is 1.61. The first-order valence-electron chi connectivity index (χ1n) is 5.16. The maximum atomic E-state index is 12.0. The Morgan fingerprint density at radius 1 is 1.33 bits per heavy atom. The first-order chi connectivity index (χ1) is 8.22. The Balaban J connectivity index is 2.89. The summed E-state index contributed by atoms with van der Waals surface area (Å²) in [5.74, 6) is 0.190. The second kappa shape index (κ2) is 5.47. The molecule has 0 aliphatic carbocycles. The lowest BCUT2D eigenvalue weighted by molar-refractivity contribution is -0.131. The minimum atomic E-state index is -4.22. The van der Waals surface area contributed by atoms with Crippen molar-refractivity contribution in [2.45, 2.75) is 26.4 Å². The lowest BCUT2D eigenvalue weighted by Gasteiger charge is -2.13. The van der Waals surface area contributed by atoms with Crippen LogP contribution in [0.3, 0.4) is 0 Å². The van der Waals surface area contributed by atoms with Crippen molar-refractivity contribution in [3.05, 3.63) is 16.8 Å². The van der Waals surface area contributed by atoms with Gasteiger partial charge in [0.25, 0.3) is 0 Å². The number of anilines is 1. The molecule has 0 aliphatic heterocycles. The SMILES string of the molecule is Cc1nnc(NCCC(F)(F)F)c(C(N)=S)c1C. The highest BCUT2D eigenvalue weighted by atomic mass is 32.1. The molecule has 0 radical (unpaired) electrons. The summed E-state index contributed by atoms with van der Waals surface area (Å²) in [6.45, 7) is 3.17. The van der Waals surface area contributed by atoms with Gasteiger partial charge in [-0.3, -0.25) is 0 Å². The van der Waals surface area contributed by atoms with Gasteiger partial charge in [-0.2, -0.15) is 18.3 Å². The number of aryl methyl sites for hydroxylation is 1. The normalized spacial score (nSPS) is 11.4. The lowest BCUT2D eigenvalue weighted by atomic mass is 10.1. The molecule has 18 heavy (non-hydrogen) atoms. The molecule has 1 aromatic rings. The number of thiocarbonyl (C=S) groups is 1. The van der Waals surface area contributed by atoms with Gasteiger partial charge in [0, 0.05) is 6.54 Å². The van der Waals surface area contributed by atoms with Crippen LogP contribution in [-0.4, -0.2) is 27.9 Å². The minimum absolute atomic E-state index is 0.0833. The Labute approximate surface area is 108 Å². The second-order valence-corrected chi connectivity index (χ2v) is 4.23. The zero-order valence-corrected chi connectivity index (χ0v) is 10.7. The fraction of sp³-hybridized carbons (Fsp3) is 0.500. The smallest absolute Gasteiger partial charge is 0.389 e. The third-order valence-electron chi connectivity index (χ3n) is 2.40. The molecule has 0 atom stereocenters. The summed E-state index contributed by atoms with van der Waals surface area (Å²) in [6, 6.07) is 0. The van der Waals surface area contributed by atoms with Crippen LogP contribution in [0.5, 0.6) is 0 Å². The van der Waals surface area contributed by atoms with Gasteiger partial charge in [0.05, 0.1) is 17.7 Å². The Morgan fingerprint density at radius 3 is 2.44 bits per heavy atom. The number of nitrogens with two attached hydrogens (primary N) is 1. The van der Waals surface area contributed by atoms with E-state index >= 15 is 0 Å². The van der Waals surface area contributed by atoms with E-state index in [2.05, 4.69) is 15.5 Å². The van der Waals surface area contributed by atoms with Crippen LogP contribution in [0.1, 0.15) is 23.2 Å². The highest BCUT2D eigenvalue weighted by molar-refractivity contribution is 7.80. The summed E-state index contributed by atoms with van der Waals surface area (Å²) in [7, 11) is 0. The number of hydrogen-bond donors (Lipinski definition) is 2. The van der Waals surface area contributed by atoms with Gasteiger partial charge in [-0.05, 0) is 19.4 Å². The molecule has 1 heterocycles. The molecule has 0 amide bonds. The van der Waals surface area contributed by atoms with E-state index in [4.69, 9.17) is 18.0 Å². The summed E-state index contributed by atoms with van der Waals surface area (Å²) in [5.41, 5.74) is 7.34. The van der Waals surface area contributed by atoms with E-state index in [-0.39, 0.29) is 17.4 Å². The molecule has 0 fully saturated rings. The van der Waals surface area contributed by atoms with Crippen molar-refractivity contribution in [2.75, 3.05) is 11.9 Å². The predicted octanol–water partition coefficient (Wildman–Crippen LogP) is 2.09. The van der Waals surface area contributed by atoms with Gasteiger partial charge in [-0.25, -0.2) is 0 Å². The van der Waals surface area contributed by atoms with Gasteiger partial charge < -0.3 is 11.1 Å². The summed E-state index contributed by atoms with van der Waals surface area (Å²) >= 11 is 4.87. The van der Waals surface area contributed by atoms with E-state index in [1.165, 1.54) is 0 Å². The van der Waals surface area contributed by atoms with Gasteiger partial charge in [0.2, 0.25) is 0 Å². The van der Waals surface area contributed by atoms with Crippen LogP contribution in [0.25, 0.3) is 0 Å². The average Bonchev–Trinajstić information content (AvgIpc) is 2.21. The molecule has 0 saturated heterocycles. The monoisotopic (exact) mass is 278 g/mol. The summed E-state index contributed by atoms with van der Waals surface area (Å²) in [6.07, 6.45) is -5.18. The average molecular weight is 278 g/mol. The molecule has 3 N–H and O–H groups in total. The van der Waals surface area contributed by atoms with Gasteiger partial charge in [0.15, 0.2) is 5.82 Å². The van der Waals surface area contributed by atoms with Crippen LogP contribution >= 0.6 is 12.2 Å². The second-order valence-electron chi connectivity index (χ2n) is 3.79. The zero-order chi connectivity index (χ0) is 13.9. The summed E-state index contributed by atoms with van der Waals surface area (Å²) in [4.78, 5) is 0.0833. The standard InChI is InChI=1S/C10H13F3N4S/c1-5-6(2)16-17-9(7(5)8(14)18)15-4-3-10(11,12)13/h3-4H2,1-2H3,(H2,14,18)(H,15,17). The molecule has 8 heteroatoms. The van der Waals surface area contributed by atoms with E-state index in [1.807, 2.05) is 0 Å². The van der Waals surface area contributed by atoms with Crippen molar-refractivity contribution in [2.24, 2.45) is 5.73 Å². The largest absolute Gasteiger partial charge is 0.390 e. The van der Waals surface area contributed by atoms with Crippen molar-refractivity contribution in [3.8, 4) is 0 Å². The number of nitrogens with one attached hydrogen (secondary N) is 1. The quantitative estimate of drug-likeness (QED) is 0.826. The number of nitrogens with zero attached hydrogens (tertiary/aromatic N) is 2.